The fourth-order valence-electron chi connectivity index (χ4n) is 0.511. The van der Waals surface area contributed by atoms with Crippen molar-refractivity contribution in [1.29, 1.82) is 0 Å². The molecule has 0 bridgehead atoms. The Morgan fingerprint density at radius 2 is 1.47 bits per heavy atom. The SMILES string of the molecule is C=CO/C=C\OCCO/C=C\O/C=C/O. The number of aliphatic hydroxyl groups is 1. The summed E-state index contributed by atoms with van der Waals surface area (Å²) in [4.78, 5) is 0. The van der Waals surface area contributed by atoms with Crippen molar-refractivity contribution in [2.24, 2.45) is 0 Å². The van der Waals surface area contributed by atoms with E-state index in [9.17, 15) is 0 Å². The van der Waals surface area contributed by atoms with Gasteiger partial charge >= 0.3 is 0 Å². The molecule has 0 saturated carbocycles. The summed E-state index contributed by atoms with van der Waals surface area (Å²) in [5, 5.41) is 8.18. The maximum Gasteiger partial charge on any atom is 0.125 e. The molecule has 0 atom stereocenters. The molecule has 0 fully saturated rings. The summed E-state index contributed by atoms with van der Waals surface area (Å²) in [5.41, 5.74) is 0. The highest BCUT2D eigenvalue weighted by molar-refractivity contribution is 4.68. The lowest BCUT2D eigenvalue weighted by Gasteiger charge is -1.99. The minimum Gasteiger partial charge on any atom is -0.512 e. The Kier molecular flexibility index (Phi) is 10.3. The molecule has 0 heterocycles. The summed E-state index contributed by atoms with van der Waals surface area (Å²) in [7, 11) is 0. The zero-order chi connectivity index (χ0) is 11.2. The standard InChI is InChI=1S/C10H14O5/c1-2-12-5-6-14-9-10-15-8-7-13-4-3-11/h2-8,11H,1,9-10H2/b4-3+,6-5-,8-7-. The molecule has 5 nitrogen and oxygen atoms in total. The van der Waals surface area contributed by atoms with Gasteiger partial charge in [0, 0.05) is 0 Å². The predicted octanol–water partition coefficient (Wildman–Crippen LogP) is 2.17. The number of hydrogen-bond donors (Lipinski definition) is 1. The topological polar surface area (TPSA) is 57.2 Å². The first-order valence-corrected chi connectivity index (χ1v) is 4.16. The van der Waals surface area contributed by atoms with Gasteiger partial charge in [-0.2, -0.15) is 0 Å². The average Bonchev–Trinajstić information content (AvgIpc) is 2.26. The first kappa shape index (κ1) is 13.0. The Morgan fingerprint density at radius 3 is 2.00 bits per heavy atom. The van der Waals surface area contributed by atoms with Crippen LogP contribution in [0.1, 0.15) is 0 Å². The highest BCUT2D eigenvalue weighted by atomic mass is 16.5. The molecular weight excluding hydrogens is 200 g/mol. The van der Waals surface area contributed by atoms with Crippen molar-refractivity contribution >= 4 is 0 Å². The van der Waals surface area contributed by atoms with Gasteiger partial charge in [0.2, 0.25) is 0 Å². The van der Waals surface area contributed by atoms with Crippen LogP contribution in [0.2, 0.25) is 0 Å². The molecule has 5 heteroatoms. The summed E-state index contributed by atoms with van der Waals surface area (Å²) in [6, 6.07) is 0. The Balaban J connectivity index is 3.17. The van der Waals surface area contributed by atoms with E-state index in [-0.39, 0.29) is 0 Å². The summed E-state index contributed by atoms with van der Waals surface area (Å²) in [6.07, 6.45) is 8.53. The second-order valence-corrected chi connectivity index (χ2v) is 2.01. The highest BCUT2D eigenvalue weighted by Crippen LogP contribution is 1.85. The van der Waals surface area contributed by atoms with Gasteiger partial charge in [-0.3, -0.25) is 0 Å². The summed E-state index contributed by atoms with van der Waals surface area (Å²) < 4.78 is 19.2. The molecule has 0 unspecified atom stereocenters. The molecule has 0 spiro atoms. The van der Waals surface area contributed by atoms with E-state index in [1.54, 1.807) is 0 Å². The quantitative estimate of drug-likeness (QED) is 0.471. The molecule has 0 saturated heterocycles. The molecule has 1 N–H and O–H groups in total. The van der Waals surface area contributed by atoms with Crippen LogP contribution in [-0.2, 0) is 18.9 Å². The van der Waals surface area contributed by atoms with E-state index >= 15 is 0 Å². The molecule has 0 aromatic rings. The molecule has 15 heavy (non-hydrogen) atoms. The molecule has 0 aromatic carbocycles. The fourth-order valence-corrected chi connectivity index (χ4v) is 0.511. The smallest absolute Gasteiger partial charge is 0.125 e. The molecule has 0 aromatic heterocycles. The van der Waals surface area contributed by atoms with Gasteiger partial charge in [0.25, 0.3) is 0 Å². The van der Waals surface area contributed by atoms with Crippen LogP contribution >= 0.6 is 0 Å². The maximum absolute atomic E-state index is 8.18. The van der Waals surface area contributed by atoms with Gasteiger partial charge in [-0.1, -0.05) is 6.58 Å². The first-order valence-electron chi connectivity index (χ1n) is 4.16. The Bertz CT molecular complexity index is 220. The lowest BCUT2D eigenvalue weighted by Crippen LogP contribution is -1.96. The Hall–Kier alpha value is -2.04. The van der Waals surface area contributed by atoms with Crippen LogP contribution in [0.3, 0.4) is 0 Å². The van der Waals surface area contributed by atoms with Crippen molar-refractivity contribution < 1.29 is 24.1 Å². The van der Waals surface area contributed by atoms with Crippen molar-refractivity contribution in [3.63, 3.8) is 0 Å². The van der Waals surface area contributed by atoms with Crippen LogP contribution in [0.15, 0.2) is 50.4 Å². The van der Waals surface area contributed by atoms with E-state index in [1.165, 1.54) is 31.3 Å². The molecule has 84 valence electrons. The van der Waals surface area contributed by atoms with Gasteiger partial charge < -0.3 is 24.1 Å². The van der Waals surface area contributed by atoms with E-state index in [2.05, 4.69) is 16.1 Å². The Labute approximate surface area is 88.5 Å². The lowest BCUT2D eigenvalue weighted by atomic mass is 10.8. The lowest BCUT2D eigenvalue weighted by molar-refractivity contribution is 0.142. The average molecular weight is 214 g/mol. The second kappa shape index (κ2) is 12.0. The third kappa shape index (κ3) is 12.0. The van der Waals surface area contributed by atoms with Gasteiger partial charge in [-0.25, -0.2) is 0 Å². The zero-order valence-electron chi connectivity index (χ0n) is 8.24. The monoisotopic (exact) mass is 214 g/mol. The van der Waals surface area contributed by atoms with Crippen LogP contribution in [0.5, 0.6) is 0 Å². The predicted molar refractivity (Wildman–Crippen MR) is 54.3 cm³/mol. The highest BCUT2D eigenvalue weighted by Gasteiger charge is 1.81. The molecule has 0 rings (SSSR count). The first-order chi connectivity index (χ1) is 7.41. The normalized spacial score (nSPS) is 10.9. The van der Waals surface area contributed by atoms with Crippen LogP contribution < -0.4 is 0 Å². The van der Waals surface area contributed by atoms with E-state index in [0.29, 0.717) is 13.2 Å². The molecule has 0 amide bonds. The van der Waals surface area contributed by atoms with Crippen molar-refractivity contribution in [3.05, 3.63) is 50.4 Å². The van der Waals surface area contributed by atoms with Gasteiger partial charge in [-0.15, -0.1) is 0 Å². The Morgan fingerprint density at radius 1 is 0.867 bits per heavy atom. The molecule has 0 radical (unpaired) electrons. The van der Waals surface area contributed by atoms with Crippen molar-refractivity contribution in [1.82, 2.24) is 0 Å². The largest absolute Gasteiger partial charge is 0.512 e. The van der Waals surface area contributed by atoms with E-state index in [1.807, 2.05) is 0 Å². The second-order valence-electron chi connectivity index (χ2n) is 2.01. The molecule has 0 aliphatic rings. The summed E-state index contributed by atoms with van der Waals surface area (Å²) >= 11 is 0. The number of ether oxygens (including phenoxy) is 4. The fraction of sp³-hybridized carbons (Fsp3) is 0.200. The van der Waals surface area contributed by atoms with Crippen molar-refractivity contribution in [2.45, 2.75) is 0 Å². The van der Waals surface area contributed by atoms with Gasteiger partial charge in [-0.05, 0) is 0 Å². The summed E-state index contributed by atoms with van der Waals surface area (Å²) in [5.74, 6) is 0. The van der Waals surface area contributed by atoms with Crippen molar-refractivity contribution in [3.8, 4) is 0 Å². The maximum atomic E-state index is 8.18. The minimum absolute atomic E-state index is 0.376. The van der Waals surface area contributed by atoms with E-state index in [4.69, 9.17) is 14.6 Å². The van der Waals surface area contributed by atoms with E-state index in [0.717, 1.165) is 12.5 Å². The van der Waals surface area contributed by atoms with Gasteiger partial charge in [0.15, 0.2) is 0 Å². The third-order valence-electron chi connectivity index (χ3n) is 1.02. The third-order valence-corrected chi connectivity index (χ3v) is 1.02. The summed E-state index contributed by atoms with van der Waals surface area (Å²) in [6.45, 7) is 4.11. The van der Waals surface area contributed by atoms with E-state index < -0.39 is 0 Å². The van der Waals surface area contributed by atoms with Gasteiger partial charge in [0.1, 0.15) is 50.8 Å². The van der Waals surface area contributed by atoms with Crippen LogP contribution in [0, 0.1) is 0 Å². The van der Waals surface area contributed by atoms with Crippen molar-refractivity contribution in [2.75, 3.05) is 13.2 Å². The van der Waals surface area contributed by atoms with Crippen LogP contribution in [0.4, 0.5) is 0 Å². The zero-order valence-corrected chi connectivity index (χ0v) is 8.24. The molecule has 0 aliphatic heterocycles. The van der Waals surface area contributed by atoms with Gasteiger partial charge in [0.05, 0.1) is 6.26 Å². The number of hydrogen-bond acceptors (Lipinski definition) is 5. The minimum atomic E-state index is 0.376. The number of rotatable bonds is 9. The molecular formula is C10H14O5. The molecule has 0 aliphatic carbocycles. The van der Waals surface area contributed by atoms with Crippen LogP contribution in [-0.4, -0.2) is 18.3 Å². The number of aliphatic hydroxyl groups excluding tert-OH is 1. The van der Waals surface area contributed by atoms with Crippen LogP contribution in [0.25, 0.3) is 0 Å².